The molecule has 0 spiro atoms. The maximum absolute atomic E-state index is 13.7. The molecule has 1 heterocycles. The Balaban J connectivity index is 1.68. The third-order valence-corrected chi connectivity index (χ3v) is 8.43. The second-order valence-corrected chi connectivity index (χ2v) is 11.6. The van der Waals surface area contributed by atoms with Crippen molar-refractivity contribution < 1.29 is 17.9 Å². The van der Waals surface area contributed by atoms with Crippen LogP contribution in [0.15, 0.2) is 54.6 Å². The van der Waals surface area contributed by atoms with Crippen LogP contribution in [0.4, 0.5) is 0 Å². The molecule has 0 N–H and O–H groups in total. The van der Waals surface area contributed by atoms with Crippen LogP contribution in [-0.2, 0) is 16.4 Å². The van der Waals surface area contributed by atoms with E-state index in [1.54, 1.807) is 17.0 Å². The third kappa shape index (κ3) is 5.51. The maximum Gasteiger partial charge on any atom is 0.254 e. The van der Waals surface area contributed by atoms with E-state index < -0.39 is 15.9 Å². The summed E-state index contributed by atoms with van der Waals surface area (Å²) in [7, 11) is -3.19. The Hall–Kier alpha value is -2.28. The first-order valence-corrected chi connectivity index (χ1v) is 14.0. The van der Waals surface area contributed by atoms with Crippen molar-refractivity contribution in [2.24, 2.45) is 0 Å². The zero-order valence-corrected chi connectivity index (χ0v) is 21.3. The number of nitrogens with zero attached hydrogens (tertiary/aromatic N) is 1. The van der Waals surface area contributed by atoms with E-state index in [4.69, 9.17) is 27.9 Å². The number of ether oxygens (including phenoxy) is 1. The molecule has 0 aliphatic carbocycles. The fourth-order valence-electron chi connectivity index (χ4n) is 4.31. The molecule has 3 aromatic rings. The standard InChI is InChI=1S/C26H27Cl2NO4S/c1-2-3-12-33-25-23(27)14-20(15-24(25)28)26(30)29(21-11-13-34(31,32)17-21)16-19-9-6-8-18-7-4-5-10-22(18)19/h4-10,14-15,21H,2-3,11-13,16-17H2,1H3/t21-/m1/s1. The van der Waals surface area contributed by atoms with Gasteiger partial charge in [0, 0.05) is 18.2 Å². The van der Waals surface area contributed by atoms with Crippen LogP contribution in [0.3, 0.4) is 0 Å². The molecule has 1 saturated heterocycles. The smallest absolute Gasteiger partial charge is 0.254 e. The molecular weight excluding hydrogens is 493 g/mol. The summed E-state index contributed by atoms with van der Waals surface area (Å²) < 4.78 is 30.2. The van der Waals surface area contributed by atoms with Crippen molar-refractivity contribution in [2.45, 2.75) is 38.8 Å². The van der Waals surface area contributed by atoms with E-state index in [-0.39, 0.29) is 34.0 Å². The average Bonchev–Trinajstić information content (AvgIpc) is 3.18. The lowest BCUT2D eigenvalue weighted by Gasteiger charge is -2.29. The molecule has 1 fully saturated rings. The number of amides is 1. The molecular formula is C26H27Cl2NO4S. The van der Waals surface area contributed by atoms with Crippen LogP contribution >= 0.6 is 23.2 Å². The zero-order chi connectivity index (χ0) is 24.3. The molecule has 180 valence electrons. The third-order valence-electron chi connectivity index (χ3n) is 6.12. The van der Waals surface area contributed by atoms with Crippen LogP contribution in [0.25, 0.3) is 10.8 Å². The topological polar surface area (TPSA) is 63.7 Å². The second-order valence-electron chi connectivity index (χ2n) is 8.60. The van der Waals surface area contributed by atoms with E-state index in [9.17, 15) is 13.2 Å². The van der Waals surface area contributed by atoms with Gasteiger partial charge in [0.1, 0.15) is 0 Å². The molecule has 1 aliphatic heterocycles. The summed E-state index contributed by atoms with van der Waals surface area (Å²) in [6, 6.07) is 16.6. The number of unbranched alkanes of at least 4 members (excludes halogenated alkanes) is 1. The van der Waals surface area contributed by atoms with Gasteiger partial charge in [-0.2, -0.15) is 0 Å². The van der Waals surface area contributed by atoms with Gasteiger partial charge in [0.25, 0.3) is 5.91 Å². The van der Waals surface area contributed by atoms with Crippen molar-refractivity contribution in [3.63, 3.8) is 0 Å². The molecule has 3 aromatic carbocycles. The van der Waals surface area contributed by atoms with Crippen molar-refractivity contribution in [1.82, 2.24) is 4.90 Å². The van der Waals surface area contributed by atoms with E-state index in [1.807, 2.05) is 42.5 Å². The van der Waals surface area contributed by atoms with Gasteiger partial charge in [0.2, 0.25) is 0 Å². The minimum absolute atomic E-state index is 0.0524. The highest BCUT2D eigenvalue weighted by atomic mass is 35.5. The molecule has 1 amide bonds. The zero-order valence-electron chi connectivity index (χ0n) is 19.0. The van der Waals surface area contributed by atoms with Crippen LogP contribution in [0.5, 0.6) is 5.75 Å². The van der Waals surface area contributed by atoms with E-state index in [0.29, 0.717) is 24.3 Å². The molecule has 0 bridgehead atoms. The minimum Gasteiger partial charge on any atom is -0.490 e. The molecule has 4 rings (SSSR count). The highest BCUT2D eigenvalue weighted by molar-refractivity contribution is 7.91. The molecule has 34 heavy (non-hydrogen) atoms. The Kier molecular flexibility index (Phi) is 7.70. The lowest BCUT2D eigenvalue weighted by Crippen LogP contribution is -2.40. The second kappa shape index (κ2) is 10.5. The summed E-state index contributed by atoms with van der Waals surface area (Å²) in [5, 5.41) is 2.61. The number of halogens is 2. The van der Waals surface area contributed by atoms with Gasteiger partial charge in [0.15, 0.2) is 15.6 Å². The SMILES string of the molecule is CCCCOc1c(Cl)cc(C(=O)N(Cc2cccc3ccccc23)[C@@H]2CCS(=O)(=O)C2)cc1Cl. The van der Waals surface area contributed by atoms with Crippen molar-refractivity contribution >= 4 is 49.7 Å². The average molecular weight is 520 g/mol. The normalized spacial score (nSPS) is 17.1. The summed E-state index contributed by atoms with van der Waals surface area (Å²) >= 11 is 12.9. The van der Waals surface area contributed by atoms with Gasteiger partial charge in [-0.15, -0.1) is 0 Å². The Bertz CT molecular complexity index is 1280. The predicted octanol–water partition coefficient (Wildman–Crippen LogP) is 6.16. The number of benzene rings is 3. The summed E-state index contributed by atoms with van der Waals surface area (Å²) in [5.41, 5.74) is 1.26. The first-order valence-electron chi connectivity index (χ1n) is 11.4. The van der Waals surface area contributed by atoms with Crippen molar-refractivity contribution in [1.29, 1.82) is 0 Å². The lowest BCUT2D eigenvalue weighted by molar-refractivity contribution is 0.0682. The quantitative estimate of drug-likeness (QED) is 0.334. The van der Waals surface area contributed by atoms with Gasteiger partial charge in [-0.1, -0.05) is 79.0 Å². The van der Waals surface area contributed by atoms with Crippen molar-refractivity contribution in [3.8, 4) is 5.75 Å². The predicted molar refractivity (Wildman–Crippen MR) is 138 cm³/mol. The van der Waals surface area contributed by atoms with E-state index >= 15 is 0 Å². The molecule has 1 atom stereocenters. The Morgan fingerprint density at radius 1 is 1.09 bits per heavy atom. The molecule has 1 aliphatic rings. The van der Waals surface area contributed by atoms with Crippen LogP contribution in [0.1, 0.15) is 42.1 Å². The highest BCUT2D eigenvalue weighted by Crippen LogP contribution is 2.35. The van der Waals surface area contributed by atoms with Crippen LogP contribution in [0.2, 0.25) is 10.0 Å². The molecule has 8 heteroatoms. The van der Waals surface area contributed by atoms with Crippen LogP contribution in [0, 0.1) is 0 Å². The number of carbonyl (C=O) groups excluding carboxylic acids is 1. The molecule has 5 nitrogen and oxygen atoms in total. The Morgan fingerprint density at radius 2 is 1.79 bits per heavy atom. The van der Waals surface area contributed by atoms with Gasteiger partial charge in [-0.3, -0.25) is 4.79 Å². The number of rotatable bonds is 8. The van der Waals surface area contributed by atoms with Crippen LogP contribution in [-0.4, -0.2) is 43.4 Å². The number of sulfone groups is 1. The van der Waals surface area contributed by atoms with Gasteiger partial charge in [0.05, 0.1) is 28.2 Å². The number of hydrogen-bond donors (Lipinski definition) is 0. The number of carbonyl (C=O) groups is 1. The Labute approximate surface area is 210 Å². The van der Waals surface area contributed by atoms with Crippen molar-refractivity contribution in [3.05, 3.63) is 75.8 Å². The molecule has 0 aromatic heterocycles. The molecule has 0 radical (unpaired) electrons. The van der Waals surface area contributed by atoms with Crippen molar-refractivity contribution in [2.75, 3.05) is 18.1 Å². The lowest BCUT2D eigenvalue weighted by atomic mass is 10.0. The Morgan fingerprint density at radius 3 is 2.47 bits per heavy atom. The summed E-state index contributed by atoms with van der Waals surface area (Å²) in [6.07, 6.45) is 2.24. The highest BCUT2D eigenvalue weighted by Gasteiger charge is 2.35. The molecule has 0 unspecified atom stereocenters. The van der Waals surface area contributed by atoms with Gasteiger partial charge in [-0.05, 0) is 41.3 Å². The summed E-state index contributed by atoms with van der Waals surface area (Å²) in [5.74, 6) is 0.0719. The number of hydrogen-bond acceptors (Lipinski definition) is 4. The van der Waals surface area contributed by atoms with Gasteiger partial charge < -0.3 is 9.64 Å². The summed E-state index contributed by atoms with van der Waals surface area (Å²) in [6.45, 7) is 2.82. The summed E-state index contributed by atoms with van der Waals surface area (Å²) in [4.78, 5) is 15.4. The molecule has 0 saturated carbocycles. The maximum atomic E-state index is 13.7. The largest absolute Gasteiger partial charge is 0.490 e. The first kappa shape index (κ1) is 24.8. The number of fused-ring (bicyclic) bond motifs is 1. The monoisotopic (exact) mass is 519 g/mol. The van der Waals surface area contributed by atoms with E-state index in [1.165, 1.54) is 0 Å². The first-order chi connectivity index (χ1) is 16.3. The minimum atomic E-state index is -3.19. The van der Waals surface area contributed by atoms with E-state index in [0.717, 1.165) is 29.2 Å². The fraction of sp³-hybridized carbons (Fsp3) is 0.346. The van der Waals surface area contributed by atoms with Gasteiger partial charge >= 0.3 is 0 Å². The van der Waals surface area contributed by atoms with Crippen LogP contribution < -0.4 is 4.74 Å². The fourth-order valence-corrected chi connectivity index (χ4v) is 6.63. The van der Waals surface area contributed by atoms with E-state index in [2.05, 4.69) is 6.92 Å². The van der Waals surface area contributed by atoms with Gasteiger partial charge in [-0.25, -0.2) is 8.42 Å².